The maximum absolute atomic E-state index is 11.3. The monoisotopic (exact) mass is 166 g/mol. The number of nitrogens with zero attached hydrogens (tertiary/aromatic N) is 2. The highest BCUT2D eigenvalue weighted by Gasteiger charge is 2.21. The zero-order valence-electron chi connectivity index (χ0n) is 7.42. The van der Waals surface area contributed by atoms with Crippen molar-refractivity contribution >= 4 is 5.91 Å². The molecule has 0 radical (unpaired) electrons. The van der Waals surface area contributed by atoms with E-state index < -0.39 is 0 Å². The fourth-order valence-electron chi connectivity index (χ4n) is 1.58. The Morgan fingerprint density at radius 1 is 1.75 bits per heavy atom. The zero-order chi connectivity index (χ0) is 8.97. The van der Waals surface area contributed by atoms with Crippen LogP contribution in [0.1, 0.15) is 19.8 Å². The normalized spacial score (nSPS) is 23.3. The second-order valence-electron chi connectivity index (χ2n) is 3.40. The molecule has 12 heavy (non-hydrogen) atoms. The van der Waals surface area contributed by atoms with Gasteiger partial charge in [0.05, 0.1) is 0 Å². The fourth-order valence-corrected chi connectivity index (χ4v) is 1.58. The van der Waals surface area contributed by atoms with Gasteiger partial charge in [0.15, 0.2) is 0 Å². The van der Waals surface area contributed by atoms with Crippen molar-refractivity contribution in [3.8, 4) is 0 Å². The van der Waals surface area contributed by atoms with Crippen LogP contribution in [0, 0.1) is 12.5 Å². The third-order valence-corrected chi connectivity index (χ3v) is 2.22. The predicted molar refractivity (Wildman–Crippen MR) is 46.4 cm³/mol. The molecular formula is C9H14N2O. The topological polar surface area (TPSA) is 24.7 Å². The first-order valence-electron chi connectivity index (χ1n) is 4.35. The van der Waals surface area contributed by atoms with E-state index >= 15 is 0 Å². The van der Waals surface area contributed by atoms with E-state index in [1.165, 1.54) is 6.42 Å². The second-order valence-corrected chi connectivity index (χ2v) is 3.40. The van der Waals surface area contributed by atoms with Gasteiger partial charge in [0.25, 0.3) is 6.54 Å². The molecule has 0 aromatic rings. The van der Waals surface area contributed by atoms with Crippen molar-refractivity contribution < 1.29 is 4.79 Å². The number of carbonyl (C=O) groups excluding carboxylic acids is 1. The first-order valence-corrected chi connectivity index (χ1v) is 4.35. The Hall–Kier alpha value is -1.04. The molecule has 1 fully saturated rings. The van der Waals surface area contributed by atoms with E-state index in [1.807, 2.05) is 4.90 Å². The highest BCUT2D eigenvalue weighted by molar-refractivity contribution is 5.79. The highest BCUT2D eigenvalue weighted by atomic mass is 16.2. The number of hydrogen-bond acceptors (Lipinski definition) is 1. The average molecular weight is 166 g/mol. The maximum Gasteiger partial charge on any atom is 0.302 e. The van der Waals surface area contributed by atoms with E-state index in [9.17, 15) is 4.79 Å². The summed E-state index contributed by atoms with van der Waals surface area (Å²) in [6.45, 7) is 10.4. The molecule has 1 atom stereocenters. The molecule has 0 N–H and O–H groups in total. The molecular weight excluding hydrogens is 152 g/mol. The molecule has 1 amide bonds. The summed E-state index contributed by atoms with van der Waals surface area (Å²) in [5.74, 6) is 0.602. The van der Waals surface area contributed by atoms with Gasteiger partial charge in [0.2, 0.25) is 0 Å². The van der Waals surface area contributed by atoms with E-state index in [-0.39, 0.29) is 12.5 Å². The van der Waals surface area contributed by atoms with Gasteiger partial charge < -0.3 is 9.74 Å². The lowest BCUT2D eigenvalue weighted by molar-refractivity contribution is -0.130. The molecule has 1 rings (SSSR count). The first kappa shape index (κ1) is 9.05. The Morgan fingerprint density at radius 3 is 3.08 bits per heavy atom. The molecule has 1 heterocycles. The van der Waals surface area contributed by atoms with Gasteiger partial charge in [-0.2, -0.15) is 0 Å². The van der Waals surface area contributed by atoms with Crippen LogP contribution in [0.15, 0.2) is 0 Å². The van der Waals surface area contributed by atoms with Gasteiger partial charge in [-0.15, -0.1) is 0 Å². The van der Waals surface area contributed by atoms with E-state index in [2.05, 4.69) is 11.8 Å². The summed E-state index contributed by atoms with van der Waals surface area (Å²) in [6, 6.07) is 0. The van der Waals surface area contributed by atoms with Crippen molar-refractivity contribution in [2.45, 2.75) is 19.8 Å². The first-order chi connectivity index (χ1) is 5.74. The molecule has 0 spiro atoms. The standard InChI is InChI=1S/C9H14N2O/c1-8-4-3-5-11(7-8)9(12)6-10-2/h8H,3-7H2,1H3. The van der Waals surface area contributed by atoms with E-state index in [0.717, 1.165) is 19.5 Å². The Morgan fingerprint density at radius 2 is 2.50 bits per heavy atom. The molecule has 1 aliphatic heterocycles. The molecule has 3 heteroatoms. The SMILES string of the molecule is [C-]#[N+]CC(=O)N1CCCC(C)C1. The minimum Gasteiger partial charge on any atom is -0.336 e. The summed E-state index contributed by atoms with van der Waals surface area (Å²) in [4.78, 5) is 16.2. The van der Waals surface area contributed by atoms with Crippen molar-refractivity contribution in [3.05, 3.63) is 11.4 Å². The molecule has 1 unspecified atom stereocenters. The van der Waals surface area contributed by atoms with Crippen molar-refractivity contribution in [2.24, 2.45) is 5.92 Å². The van der Waals surface area contributed by atoms with Crippen LogP contribution in [-0.4, -0.2) is 30.4 Å². The van der Waals surface area contributed by atoms with E-state index in [4.69, 9.17) is 6.57 Å². The smallest absolute Gasteiger partial charge is 0.302 e. The number of piperidine rings is 1. The van der Waals surface area contributed by atoms with Crippen LogP contribution in [0.3, 0.4) is 0 Å². The molecule has 1 saturated heterocycles. The van der Waals surface area contributed by atoms with Crippen LogP contribution in [0.2, 0.25) is 0 Å². The van der Waals surface area contributed by atoms with Gasteiger partial charge in [0.1, 0.15) is 0 Å². The third-order valence-electron chi connectivity index (χ3n) is 2.22. The van der Waals surface area contributed by atoms with Crippen LogP contribution < -0.4 is 0 Å². The molecule has 0 saturated carbocycles. The number of carbonyl (C=O) groups is 1. The van der Waals surface area contributed by atoms with Crippen molar-refractivity contribution in [2.75, 3.05) is 19.6 Å². The Labute approximate surface area is 73.2 Å². The Bertz CT molecular complexity index is 207. The van der Waals surface area contributed by atoms with Crippen LogP contribution >= 0.6 is 0 Å². The minimum atomic E-state index is -0.00319. The number of amides is 1. The number of likely N-dealkylation sites (tertiary alicyclic amines) is 1. The van der Waals surface area contributed by atoms with Gasteiger partial charge in [0, 0.05) is 13.1 Å². The van der Waals surface area contributed by atoms with Gasteiger partial charge in [-0.05, 0) is 18.8 Å². The summed E-state index contributed by atoms with van der Waals surface area (Å²) in [5.41, 5.74) is 0. The largest absolute Gasteiger partial charge is 0.336 e. The molecule has 0 aliphatic carbocycles. The highest BCUT2D eigenvalue weighted by Crippen LogP contribution is 2.15. The molecule has 66 valence electrons. The van der Waals surface area contributed by atoms with Crippen molar-refractivity contribution in [1.29, 1.82) is 0 Å². The molecule has 1 aliphatic rings. The molecule has 0 bridgehead atoms. The Kier molecular flexibility index (Phi) is 3.09. The van der Waals surface area contributed by atoms with Crippen LogP contribution in [-0.2, 0) is 4.79 Å². The van der Waals surface area contributed by atoms with Gasteiger partial charge in [-0.25, -0.2) is 6.57 Å². The van der Waals surface area contributed by atoms with Gasteiger partial charge >= 0.3 is 5.91 Å². The molecule has 3 nitrogen and oxygen atoms in total. The second kappa shape index (κ2) is 4.10. The lowest BCUT2D eigenvalue weighted by Gasteiger charge is -2.29. The predicted octanol–water partition coefficient (Wildman–Crippen LogP) is 1.16. The van der Waals surface area contributed by atoms with Crippen molar-refractivity contribution in [1.82, 2.24) is 4.90 Å². The lowest BCUT2D eigenvalue weighted by Crippen LogP contribution is -2.40. The Balaban J connectivity index is 2.41. The summed E-state index contributed by atoms with van der Waals surface area (Å²) in [6.07, 6.45) is 2.30. The minimum absolute atomic E-state index is 0.00319. The van der Waals surface area contributed by atoms with Crippen LogP contribution in [0.4, 0.5) is 0 Å². The number of hydrogen-bond donors (Lipinski definition) is 0. The van der Waals surface area contributed by atoms with Gasteiger partial charge in [-0.1, -0.05) is 6.92 Å². The maximum atomic E-state index is 11.3. The summed E-state index contributed by atoms with van der Waals surface area (Å²) < 4.78 is 0. The summed E-state index contributed by atoms with van der Waals surface area (Å²) >= 11 is 0. The van der Waals surface area contributed by atoms with Gasteiger partial charge in [-0.3, -0.25) is 4.79 Å². The summed E-state index contributed by atoms with van der Waals surface area (Å²) in [7, 11) is 0. The van der Waals surface area contributed by atoms with Crippen LogP contribution in [0.5, 0.6) is 0 Å². The summed E-state index contributed by atoms with van der Waals surface area (Å²) in [5, 5.41) is 0. The lowest BCUT2D eigenvalue weighted by atomic mass is 10.0. The third kappa shape index (κ3) is 2.23. The molecule has 0 aromatic heterocycles. The number of rotatable bonds is 1. The average Bonchev–Trinajstić information content (AvgIpc) is 2.05. The molecule has 0 aromatic carbocycles. The quantitative estimate of drug-likeness (QED) is 0.536. The van der Waals surface area contributed by atoms with Crippen molar-refractivity contribution in [3.63, 3.8) is 0 Å². The van der Waals surface area contributed by atoms with Crippen LogP contribution in [0.25, 0.3) is 4.85 Å². The zero-order valence-corrected chi connectivity index (χ0v) is 7.42. The fraction of sp³-hybridized carbons (Fsp3) is 0.778. The van der Waals surface area contributed by atoms with E-state index in [0.29, 0.717) is 5.92 Å². The van der Waals surface area contributed by atoms with E-state index in [1.54, 1.807) is 0 Å².